The van der Waals surface area contributed by atoms with Crippen LogP contribution in [0.4, 0.5) is 4.79 Å². The summed E-state index contributed by atoms with van der Waals surface area (Å²) in [6.45, 7) is 7.98. The summed E-state index contributed by atoms with van der Waals surface area (Å²) in [7, 11) is 1.31. The van der Waals surface area contributed by atoms with Crippen molar-refractivity contribution >= 4 is 12.1 Å². The molecule has 1 N–H and O–H groups in total. The number of hydrogen-bond donors (Lipinski definition) is 1. The minimum atomic E-state index is -0.688. The van der Waals surface area contributed by atoms with Crippen LogP contribution in [0.15, 0.2) is 30.3 Å². The molecule has 0 bridgehead atoms. The van der Waals surface area contributed by atoms with Crippen LogP contribution in [0.5, 0.6) is 0 Å². The molecule has 0 aromatic heterocycles. The Balaban J connectivity index is 2.68. The fourth-order valence-corrected chi connectivity index (χ4v) is 2.40. The first kappa shape index (κ1) is 20.0. The van der Waals surface area contributed by atoms with Crippen molar-refractivity contribution in [2.24, 2.45) is 11.8 Å². The Morgan fingerprint density at radius 2 is 1.71 bits per heavy atom. The van der Waals surface area contributed by atoms with Crippen molar-refractivity contribution in [3.63, 3.8) is 0 Å². The molecule has 0 aliphatic carbocycles. The maximum Gasteiger partial charge on any atom is 0.408 e. The van der Waals surface area contributed by atoms with E-state index in [0.717, 1.165) is 5.56 Å². The summed E-state index contributed by atoms with van der Waals surface area (Å²) in [5, 5.41) is 2.63. The lowest BCUT2D eigenvalue weighted by Gasteiger charge is -2.24. The second-order valence-corrected chi connectivity index (χ2v) is 6.73. The summed E-state index contributed by atoms with van der Waals surface area (Å²) in [5.41, 5.74) is 1.11. The maximum absolute atomic E-state index is 12.2. The largest absolute Gasteiger partial charge is 0.467 e. The van der Waals surface area contributed by atoms with Crippen LogP contribution in [-0.2, 0) is 20.7 Å². The van der Waals surface area contributed by atoms with Crippen LogP contribution in [0.2, 0.25) is 0 Å². The molecule has 1 amide bonds. The van der Waals surface area contributed by atoms with Crippen LogP contribution in [0.25, 0.3) is 0 Å². The van der Waals surface area contributed by atoms with E-state index in [2.05, 4.69) is 5.32 Å². The van der Waals surface area contributed by atoms with Gasteiger partial charge in [0, 0.05) is 6.42 Å². The molecule has 0 saturated carbocycles. The summed E-state index contributed by atoms with van der Waals surface area (Å²) in [5.74, 6) is -0.0398. The van der Waals surface area contributed by atoms with Gasteiger partial charge in [-0.2, -0.15) is 0 Å². The highest BCUT2D eigenvalue weighted by atomic mass is 16.6. The average Bonchev–Trinajstić information content (AvgIpc) is 2.53. The van der Waals surface area contributed by atoms with Gasteiger partial charge in [-0.1, -0.05) is 58.0 Å². The summed E-state index contributed by atoms with van der Waals surface area (Å²) in [6, 6.07) is 9.20. The number of hydrogen-bond acceptors (Lipinski definition) is 4. The lowest BCUT2D eigenvalue weighted by molar-refractivity contribution is -0.143. The molecule has 2 atom stereocenters. The predicted molar refractivity (Wildman–Crippen MR) is 93.6 cm³/mol. The summed E-state index contributed by atoms with van der Waals surface area (Å²) in [6.07, 6.45) is 0.302. The lowest BCUT2D eigenvalue weighted by Crippen LogP contribution is -2.44. The molecule has 1 aromatic carbocycles. The average molecular weight is 335 g/mol. The molecule has 134 valence electrons. The number of alkyl carbamates (subject to hydrolysis) is 1. The predicted octanol–water partition coefficient (Wildman–Crippen LogP) is 3.57. The zero-order valence-electron chi connectivity index (χ0n) is 15.2. The van der Waals surface area contributed by atoms with Crippen molar-refractivity contribution in [1.82, 2.24) is 5.32 Å². The Hall–Kier alpha value is -2.04. The van der Waals surface area contributed by atoms with Gasteiger partial charge in [-0.15, -0.1) is 0 Å². The zero-order chi connectivity index (χ0) is 18.1. The van der Waals surface area contributed by atoms with E-state index >= 15 is 0 Å². The molecular formula is C19H29NO4. The monoisotopic (exact) mass is 335 g/mol. The highest BCUT2D eigenvalue weighted by Crippen LogP contribution is 2.15. The van der Waals surface area contributed by atoms with Crippen LogP contribution in [0.3, 0.4) is 0 Å². The van der Waals surface area contributed by atoms with E-state index < -0.39 is 18.1 Å². The minimum absolute atomic E-state index is 0.164. The molecule has 0 aliphatic heterocycles. The van der Waals surface area contributed by atoms with Gasteiger partial charge >= 0.3 is 12.1 Å². The van der Waals surface area contributed by atoms with Crippen molar-refractivity contribution in [3.8, 4) is 0 Å². The number of esters is 1. The van der Waals surface area contributed by atoms with E-state index in [9.17, 15) is 9.59 Å². The third-order valence-corrected chi connectivity index (χ3v) is 3.77. The minimum Gasteiger partial charge on any atom is -0.467 e. The molecular weight excluding hydrogens is 306 g/mol. The number of amides is 1. The van der Waals surface area contributed by atoms with Crippen LogP contribution in [0, 0.1) is 11.8 Å². The van der Waals surface area contributed by atoms with Crippen molar-refractivity contribution in [3.05, 3.63) is 35.9 Å². The van der Waals surface area contributed by atoms with Gasteiger partial charge in [0.15, 0.2) is 0 Å². The van der Waals surface area contributed by atoms with E-state index in [4.69, 9.17) is 9.47 Å². The number of nitrogens with one attached hydrogen (secondary N) is 1. The quantitative estimate of drug-likeness (QED) is 0.738. The van der Waals surface area contributed by atoms with Gasteiger partial charge in [-0.25, -0.2) is 9.59 Å². The van der Waals surface area contributed by atoms with Crippen LogP contribution >= 0.6 is 0 Å². The third-order valence-electron chi connectivity index (χ3n) is 3.77. The molecule has 0 aliphatic rings. The molecule has 0 heterocycles. The van der Waals surface area contributed by atoms with E-state index in [1.54, 1.807) is 0 Å². The van der Waals surface area contributed by atoms with Crippen LogP contribution in [0.1, 0.15) is 39.7 Å². The molecule has 1 aromatic rings. The summed E-state index contributed by atoms with van der Waals surface area (Å²) < 4.78 is 10.3. The first-order valence-electron chi connectivity index (χ1n) is 8.42. The van der Waals surface area contributed by atoms with Crippen LogP contribution in [-0.4, -0.2) is 31.3 Å². The fourth-order valence-electron chi connectivity index (χ4n) is 2.40. The summed E-state index contributed by atoms with van der Waals surface area (Å²) in [4.78, 5) is 24.0. The van der Waals surface area contributed by atoms with E-state index in [-0.39, 0.29) is 17.9 Å². The van der Waals surface area contributed by atoms with Gasteiger partial charge < -0.3 is 14.8 Å². The Morgan fingerprint density at radius 1 is 1.08 bits per heavy atom. The van der Waals surface area contributed by atoms with Gasteiger partial charge in [0.1, 0.15) is 12.1 Å². The van der Waals surface area contributed by atoms with Gasteiger partial charge in [0.2, 0.25) is 0 Å². The molecule has 0 radical (unpaired) electrons. The number of carbonyl (C=O) groups excluding carboxylic acids is 2. The van der Waals surface area contributed by atoms with Crippen molar-refractivity contribution in [2.45, 2.75) is 52.7 Å². The topological polar surface area (TPSA) is 64.6 Å². The number of methoxy groups -OCH3 is 1. The first-order chi connectivity index (χ1) is 11.3. The number of ether oxygens (including phenoxy) is 2. The van der Waals surface area contributed by atoms with Crippen molar-refractivity contribution in [2.75, 3.05) is 7.11 Å². The molecule has 5 nitrogen and oxygen atoms in total. The Morgan fingerprint density at radius 3 is 2.21 bits per heavy atom. The van der Waals surface area contributed by atoms with Crippen molar-refractivity contribution in [1.29, 1.82) is 0 Å². The Kier molecular flexibility index (Phi) is 8.30. The maximum atomic E-state index is 12.2. The summed E-state index contributed by atoms with van der Waals surface area (Å²) >= 11 is 0. The second-order valence-electron chi connectivity index (χ2n) is 6.73. The van der Waals surface area contributed by atoms with Gasteiger partial charge in [-0.3, -0.25) is 0 Å². The Bertz CT molecular complexity index is 513. The van der Waals surface area contributed by atoms with E-state index in [1.165, 1.54) is 7.11 Å². The van der Waals surface area contributed by atoms with Gasteiger partial charge in [0.05, 0.1) is 7.11 Å². The first-order valence-corrected chi connectivity index (χ1v) is 8.42. The molecule has 5 heteroatoms. The number of rotatable bonds is 8. The van der Waals surface area contributed by atoms with Crippen LogP contribution < -0.4 is 5.32 Å². The lowest BCUT2D eigenvalue weighted by atomic mass is 9.99. The number of benzene rings is 1. The van der Waals surface area contributed by atoms with Gasteiger partial charge in [-0.05, 0) is 23.8 Å². The standard InChI is InChI=1S/C19H29NO4/c1-13(2)11-16(18(21)23-5)20-19(22)24-17(14(3)4)12-15-9-7-6-8-10-15/h6-10,13-14,16-17H,11-12H2,1-5H3,(H,20,22). The SMILES string of the molecule is COC(=O)C(CC(C)C)NC(=O)OC(Cc1ccccc1)C(C)C. The normalized spacial score (nSPS) is 13.5. The van der Waals surface area contributed by atoms with E-state index in [1.807, 2.05) is 58.0 Å². The molecule has 0 saturated heterocycles. The molecule has 24 heavy (non-hydrogen) atoms. The molecule has 2 unspecified atom stereocenters. The zero-order valence-corrected chi connectivity index (χ0v) is 15.2. The highest BCUT2D eigenvalue weighted by molar-refractivity contribution is 5.81. The Labute approximate surface area is 144 Å². The third kappa shape index (κ3) is 7.02. The number of carbonyl (C=O) groups is 2. The van der Waals surface area contributed by atoms with Crippen molar-refractivity contribution < 1.29 is 19.1 Å². The molecule has 0 fully saturated rings. The second kappa shape index (κ2) is 9.96. The molecule has 0 spiro atoms. The van der Waals surface area contributed by atoms with Gasteiger partial charge in [0.25, 0.3) is 0 Å². The highest BCUT2D eigenvalue weighted by Gasteiger charge is 2.25. The van der Waals surface area contributed by atoms with E-state index in [0.29, 0.717) is 12.8 Å². The smallest absolute Gasteiger partial charge is 0.408 e. The molecule has 1 rings (SSSR count). The fraction of sp³-hybridized carbons (Fsp3) is 0.579.